The number of rotatable bonds is 5. The van der Waals surface area contributed by atoms with Crippen molar-refractivity contribution in [1.82, 2.24) is 5.32 Å². The smallest absolute Gasteiger partial charge is 0.335 e. The second-order valence-corrected chi connectivity index (χ2v) is 3.60. The number of carbonyl (C=O) groups is 2. The first-order valence-electron chi connectivity index (χ1n) is 5.42. The van der Waals surface area contributed by atoms with Crippen molar-refractivity contribution < 1.29 is 14.7 Å². The predicted octanol–water partition coefficient (Wildman–Crippen LogP) is 1.59. The zero-order valence-corrected chi connectivity index (χ0v) is 10.1. The minimum Gasteiger partial charge on any atom is -0.478 e. The molecule has 0 radical (unpaired) electrons. The van der Waals surface area contributed by atoms with Crippen LogP contribution in [0, 0.1) is 11.3 Å². The quantitative estimate of drug-likeness (QED) is 0.475. The Labute approximate surface area is 110 Å². The van der Waals surface area contributed by atoms with Gasteiger partial charge in [0.15, 0.2) is 0 Å². The van der Waals surface area contributed by atoms with Crippen molar-refractivity contribution >= 4 is 18.0 Å². The van der Waals surface area contributed by atoms with Gasteiger partial charge in [0.2, 0.25) is 0 Å². The van der Waals surface area contributed by atoms with Gasteiger partial charge in [-0.05, 0) is 23.8 Å². The minimum atomic E-state index is -1.03. The summed E-state index contributed by atoms with van der Waals surface area (Å²) in [6.45, 7) is 3.73. The van der Waals surface area contributed by atoms with E-state index < -0.39 is 11.9 Å². The molecule has 1 rings (SSSR count). The van der Waals surface area contributed by atoms with Crippen molar-refractivity contribution in [3.8, 4) is 6.07 Å². The van der Waals surface area contributed by atoms with Gasteiger partial charge < -0.3 is 10.4 Å². The van der Waals surface area contributed by atoms with E-state index in [2.05, 4.69) is 11.9 Å². The van der Waals surface area contributed by atoms with Crippen LogP contribution in [-0.2, 0) is 4.79 Å². The molecular formula is C14H12N2O3. The van der Waals surface area contributed by atoms with E-state index >= 15 is 0 Å². The average molecular weight is 256 g/mol. The van der Waals surface area contributed by atoms with Gasteiger partial charge >= 0.3 is 5.97 Å². The number of benzene rings is 1. The Morgan fingerprint density at radius 2 is 2.00 bits per heavy atom. The lowest BCUT2D eigenvalue weighted by atomic mass is 10.1. The third-order valence-electron chi connectivity index (χ3n) is 2.24. The van der Waals surface area contributed by atoms with Gasteiger partial charge in [0.25, 0.3) is 5.91 Å². The normalized spacial score (nSPS) is 10.4. The highest BCUT2D eigenvalue weighted by Gasteiger charge is 2.08. The van der Waals surface area contributed by atoms with Crippen molar-refractivity contribution in [1.29, 1.82) is 5.26 Å². The number of nitriles is 1. The van der Waals surface area contributed by atoms with Crippen LogP contribution in [0.2, 0.25) is 0 Å². The van der Waals surface area contributed by atoms with E-state index in [-0.39, 0.29) is 17.7 Å². The number of carbonyl (C=O) groups excluding carboxylic acids is 1. The van der Waals surface area contributed by atoms with Gasteiger partial charge in [-0.2, -0.15) is 5.26 Å². The molecule has 1 amide bonds. The van der Waals surface area contributed by atoms with Crippen LogP contribution in [-0.4, -0.2) is 23.5 Å². The molecule has 2 N–H and O–H groups in total. The molecule has 0 saturated carbocycles. The fourth-order valence-electron chi connectivity index (χ4n) is 1.30. The zero-order chi connectivity index (χ0) is 14.3. The van der Waals surface area contributed by atoms with E-state index in [1.165, 1.54) is 36.4 Å². The van der Waals surface area contributed by atoms with Gasteiger partial charge in [-0.3, -0.25) is 4.79 Å². The summed E-state index contributed by atoms with van der Waals surface area (Å²) in [5.41, 5.74) is 0.673. The van der Waals surface area contributed by atoms with Gasteiger partial charge in [-0.25, -0.2) is 4.79 Å². The number of amides is 1. The topological polar surface area (TPSA) is 90.2 Å². The molecule has 0 atom stereocenters. The Morgan fingerprint density at radius 3 is 2.47 bits per heavy atom. The molecule has 19 heavy (non-hydrogen) atoms. The Morgan fingerprint density at radius 1 is 1.37 bits per heavy atom. The highest BCUT2D eigenvalue weighted by Crippen LogP contribution is 2.09. The van der Waals surface area contributed by atoms with Gasteiger partial charge in [0.05, 0.1) is 5.56 Å². The summed E-state index contributed by atoms with van der Waals surface area (Å²) in [4.78, 5) is 22.2. The Kier molecular flexibility index (Phi) is 5.05. The van der Waals surface area contributed by atoms with Crippen molar-refractivity contribution in [2.24, 2.45) is 0 Å². The van der Waals surface area contributed by atoms with Crippen LogP contribution in [0.25, 0.3) is 6.08 Å². The lowest BCUT2D eigenvalue weighted by molar-refractivity contribution is -0.116. The van der Waals surface area contributed by atoms with E-state index in [1.54, 1.807) is 6.07 Å². The summed E-state index contributed by atoms with van der Waals surface area (Å²) in [5.74, 6) is -1.52. The predicted molar refractivity (Wildman–Crippen MR) is 70.2 cm³/mol. The van der Waals surface area contributed by atoms with E-state index in [1.807, 2.05) is 0 Å². The fraction of sp³-hybridized carbons (Fsp3) is 0.0714. The molecule has 1 aromatic rings. The van der Waals surface area contributed by atoms with Crippen molar-refractivity contribution in [3.05, 3.63) is 53.6 Å². The summed E-state index contributed by atoms with van der Waals surface area (Å²) < 4.78 is 0. The van der Waals surface area contributed by atoms with Gasteiger partial charge in [0, 0.05) is 6.54 Å². The molecule has 0 saturated heterocycles. The van der Waals surface area contributed by atoms with Crippen LogP contribution in [0.1, 0.15) is 15.9 Å². The second kappa shape index (κ2) is 6.77. The Balaban J connectivity index is 2.92. The van der Waals surface area contributed by atoms with E-state index in [9.17, 15) is 9.59 Å². The summed E-state index contributed by atoms with van der Waals surface area (Å²) in [7, 11) is 0. The molecule has 5 nitrogen and oxygen atoms in total. The monoisotopic (exact) mass is 256 g/mol. The molecule has 0 unspecified atom stereocenters. The van der Waals surface area contributed by atoms with Gasteiger partial charge in [-0.1, -0.05) is 18.2 Å². The first-order valence-corrected chi connectivity index (χ1v) is 5.42. The van der Waals surface area contributed by atoms with E-state index in [0.717, 1.165) is 0 Å². The molecule has 5 heteroatoms. The molecular weight excluding hydrogens is 244 g/mol. The lowest BCUT2D eigenvalue weighted by Crippen LogP contribution is -2.24. The molecule has 0 fully saturated rings. The average Bonchev–Trinajstić information content (AvgIpc) is 2.42. The largest absolute Gasteiger partial charge is 0.478 e. The lowest BCUT2D eigenvalue weighted by Gasteiger charge is -2.01. The van der Waals surface area contributed by atoms with Crippen LogP contribution >= 0.6 is 0 Å². The number of hydrogen-bond donors (Lipinski definition) is 2. The van der Waals surface area contributed by atoms with Crippen LogP contribution in [0.5, 0.6) is 0 Å². The Hall–Kier alpha value is -2.87. The number of nitrogens with zero attached hydrogens (tertiary/aromatic N) is 1. The number of hydrogen-bond acceptors (Lipinski definition) is 3. The first kappa shape index (κ1) is 14.2. The molecule has 1 aromatic carbocycles. The molecule has 0 aliphatic carbocycles. The zero-order valence-electron chi connectivity index (χ0n) is 10.1. The Bertz CT molecular complexity index is 565. The van der Waals surface area contributed by atoms with Crippen LogP contribution in [0.3, 0.4) is 0 Å². The third kappa shape index (κ3) is 4.13. The van der Waals surface area contributed by atoms with E-state index in [4.69, 9.17) is 10.4 Å². The number of aromatic carboxylic acids is 1. The third-order valence-corrected chi connectivity index (χ3v) is 2.24. The molecule has 0 aliphatic rings. The van der Waals surface area contributed by atoms with Crippen LogP contribution < -0.4 is 5.32 Å². The maximum Gasteiger partial charge on any atom is 0.335 e. The van der Waals surface area contributed by atoms with Gasteiger partial charge in [-0.15, -0.1) is 6.58 Å². The molecule has 0 aliphatic heterocycles. The SMILES string of the molecule is C=CCNC(=O)/C(C#N)=C/c1ccc(C(=O)O)cc1. The van der Waals surface area contributed by atoms with Crippen molar-refractivity contribution in [2.45, 2.75) is 0 Å². The molecule has 0 heterocycles. The molecule has 0 aromatic heterocycles. The standard InChI is InChI=1S/C14H12N2O3/c1-2-7-16-13(17)12(9-15)8-10-3-5-11(6-4-10)14(18)19/h2-6,8H,1,7H2,(H,16,17)(H,18,19)/b12-8+. The number of nitrogens with one attached hydrogen (secondary N) is 1. The number of carboxylic acid groups (broad SMARTS) is 1. The highest BCUT2D eigenvalue weighted by molar-refractivity contribution is 6.01. The van der Waals surface area contributed by atoms with Crippen LogP contribution in [0.4, 0.5) is 0 Å². The van der Waals surface area contributed by atoms with Crippen molar-refractivity contribution in [3.63, 3.8) is 0 Å². The highest BCUT2D eigenvalue weighted by atomic mass is 16.4. The summed E-state index contributed by atoms with van der Waals surface area (Å²) in [5, 5.41) is 20.1. The maximum absolute atomic E-state index is 11.6. The maximum atomic E-state index is 11.6. The summed E-state index contributed by atoms with van der Waals surface area (Å²) in [6.07, 6.45) is 2.90. The molecule has 0 bridgehead atoms. The summed E-state index contributed by atoms with van der Waals surface area (Å²) >= 11 is 0. The van der Waals surface area contributed by atoms with Gasteiger partial charge in [0.1, 0.15) is 11.6 Å². The van der Waals surface area contributed by atoms with Crippen molar-refractivity contribution in [2.75, 3.05) is 6.54 Å². The van der Waals surface area contributed by atoms with E-state index in [0.29, 0.717) is 5.56 Å². The minimum absolute atomic E-state index is 0.0510. The molecule has 96 valence electrons. The summed E-state index contributed by atoms with van der Waals surface area (Å²) in [6, 6.07) is 7.67. The molecule has 0 spiro atoms. The number of carboxylic acids is 1. The first-order chi connectivity index (χ1) is 9.08. The fourth-order valence-corrected chi connectivity index (χ4v) is 1.30. The van der Waals surface area contributed by atoms with Crippen LogP contribution in [0.15, 0.2) is 42.5 Å². The second-order valence-electron chi connectivity index (χ2n) is 3.60.